The van der Waals surface area contributed by atoms with E-state index in [9.17, 15) is 5.11 Å². The fourth-order valence-corrected chi connectivity index (χ4v) is 3.50. The second-order valence-corrected chi connectivity index (χ2v) is 7.78. The molecule has 0 aliphatic carbocycles. The largest absolute Gasteiger partial charge is 0.493 e. The SMILES string of the molecule is CC(C)COc1ccc(C(O)CCN2CC(C)CC(C)C2)cc1. The van der Waals surface area contributed by atoms with Crippen LogP contribution in [-0.4, -0.2) is 36.2 Å². The molecule has 1 aliphatic heterocycles. The highest BCUT2D eigenvalue weighted by molar-refractivity contribution is 5.28. The topological polar surface area (TPSA) is 32.7 Å². The number of ether oxygens (including phenoxy) is 1. The third-order valence-corrected chi connectivity index (χ3v) is 4.51. The molecule has 0 radical (unpaired) electrons. The number of likely N-dealkylation sites (tertiary alicyclic amines) is 1. The molecule has 1 aliphatic rings. The second kappa shape index (κ2) is 8.70. The van der Waals surface area contributed by atoms with Crippen LogP contribution in [-0.2, 0) is 0 Å². The van der Waals surface area contributed by atoms with Gasteiger partial charge >= 0.3 is 0 Å². The van der Waals surface area contributed by atoms with E-state index >= 15 is 0 Å². The average molecular weight is 319 g/mol. The molecule has 1 heterocycles. The first-order valence-electron chi connectivity index (χ1n) is 9.07. The molecule has 23 heavy (non-hydrogen) atoms. The Labute approximate surface area is 141 Å². The maximum atomic E-state index is 10.4. The molecule has 3 unspecified atom stereocenters. The van der Waals surface area contributed by atoms with Crippen molar-refractivity contribution in [1.82, 2.24) is 4.90 Å². The van der Waals surface area contributed by atoms with Gasteiger partial charge in [0.2, 0.25) is 0 Å². The average Bonchev–Trinajstić information content (AvgIpc) is 2.50. The van der Waals surface area contributed by atoms with Crippen LogP contribution in [0.1, 0.15) is 52.2 Å². The molecular formula is C20H33NO2. The number of aliphatic hydroxyl groups is 1. The van der Waals surface area contributed by atoms with Gasteiger partial charge in [0.25, 0.3) is 0 Å². The number of nitrogens with zero attached hydrogens (tertiary/aromatic N) is 1. The lowest BCUT2D eigenvalue weighted by atomic mass is 9.91. The lowest BCUT2D eigenvalue weighted by Crippen LogP contribution is -2.39. The summed E-state index contributed by atoms with van der Waals surface area (Å²) in [6.07, 6.45) is 1.74. The molecule has 0 amide bonds. The van der Waals surface area contributed by atoms with Crippen molar-refractivity contribution < 1.29 is 9.84 Å². The Morgan fingerprint density at radius 1 is 1.13 bits per heavy atom. The summed E-state index contributed by atoms with van der Waals surface area (Å²) in [5.74, 6) is 2.95. The van der Waals surface area contributed by atoms with Crippen molar-refractivity contribution in [3.05, 3.63) is 29.8 Å². The molecule has 1 aromatic rings. The fraction of sp³-hybridized carbons (Fsp3) is 0.700. The van der Waals surface area contributed by atoms with Crippen molar-refractivity contribution in [2.45, 2.75) is 46.6 Å². The Bertz CT molecular complexity index is 447. The number of hydrogen-bond acceptors (Lipinski definition) is 3. The minimum absolute atomic E-state index is 0.387. The molecule has 2 rings (SSSR count). The summed E-state index contributed by atoms with van der Waals surface area (Å²) >= 11 is 0. The predicted octanol–water partition coefficient (Wildman–Crippen LogP) is 4.12. The van der Waals surface area contributed by atoms with Crippen molar-refractivity contribution in [2.75, 3.05) is 26.2 Å². The molecule has 3 atom stereocenters. The van der Waals surface area contributed by atoms with Crippen molar-refractivity contribution in [3.63, 3.8) is 0 Å². The molecule has 3 nitrogen and oxygen atoms in total. The smallest absolute Gasteiger partial charge is 0.119 e. The number of piperidine rings is 1. The zero-order valence-corrected chi connectivity index (χ0v) is 15.2. The summed E-state index contributed by atoms with van der Waals surface area (Å²) < 4.78 is 5.69. The predicted molar refractivity (Wildman–Crippen MR) is 95.7 cm³/mol. The van der Waals surface area contributed by atoms with Crippen molar-refractivity contribution in [3.8, 4) is 5.75 Å². The molecule has 1 aromatic carbocycles. The fourth-order valence-electron chi connectivity index (χ4n) is 3.50. The Balaban J connectivity index is 1.79. The van der Waals surface area contributed by atoms with Crippen LogP contribution in [0.2, 0.25) is 0 Å². The second-order valence-electron chi connectivity index (χ2n) is 7.78. The van der Waals surface area contributed by atoms with E-state index in [1.807, 2.05) is 24.3 Å². The lowest BCUT2D eigenvalue weighted by Gasteiger charge is -2.35. The quantitative estimate of drug-likeness (QED) is 0.820. The number of rotatable bonds is 7. The summed E-state index contributed by atoms with van der Waals surface area (Å²) in [5.41, 5.74) is 0.986. The number of hydrogen-bond donors (Lipinski definition) is 1. The standard InChI is InChI=1S/C20H33NO2/c1-15(2)14-23-19-7-5-18(6-8-19)20(22)9-10-21-12-16(3)11-17(4)13-21/h5-8,15-17,20,22H,9-14H2,1-4H3. The number of benzene rings is 1. The van der Waals surface area contributed by atoms with Crippen LogP contribution < -0.4 is 4.74 Å². The molecule has 1 saturated heterocycles. The Morgan fingerprint density at radius 3 is 2.30 bits per heavy atom. The first kappa shape index (κ1) is 18.3. The van der Waals surface area contributed by atoms with Gasteiger partial charge in [-0.25, -0.2) is 0 Å². The molecule has 0 aromatic heterocycles. The van der Waals surface area contributed by atoms with Crippen LogP contribution in [0.5, 0.6) is 5.75 Å². The first-order chi connectivity index (χ1) is 10.9. The van der Waals surface area contributed by atoms with E-state index in [4.69, 9.17) is 4.74 Å². The van der Waals surface area contributed by atoms with Gasteiger partial charge in [-0.05, 0) is 48.3 Å². The van der Waals surface area contributed by atoms with Crippen LogP contribution in [0.25, 0.3) is 0 Å². The highest BCUT2D eigenvalue weighted by Crippen LogP contribution is 2.24. The zero-order chi connectivity index (χ0) is 16.8. The molecule has 130 valence electrons. The van der Waals surface area contributed by atoms with E-state index in [2.05, 4.69) is 32.6 Å². The van der Waals surface area contributed by atoms with Gasteiger partial charge in [0.15, 0.2) is 0 Å². The Hall–Kier alpha value is -1.06. The highest BCUT2D eigenvalue weighted by atomic mass is 16.5. The van der Waals surface area contributed by atoms with E-state index < -0.39 is 0 Å². The van der Waals surface area contributed by atoms with Crippen LogP contribution in [0.4, 0.5) is 0 Å². The Kier molecular flexibility index (Phi) is 6.91. The molecule has 1 fully saturated rings. The van der Waals surface area contributed by atoms with Gasteiger partial charge in [0, 0.05) is 19.6 Å². The van der Waals surface area contributed by atoms with Crippen molar-refractivity contribution in [2.24, 2.45) is 17.8 Å². The van der Waals surface area contributed by atoms with E-state index in [0.29, 0.717) is 5.92 Å². The molecule has 0 spiro atoms. The maximum absolute atomic E-state index is 10.4. The van der Waals surface area contributed by atoms with Crippen LogP contribution in [0.15, 0.2) is 24.3 Å². The minimum Gasteiger partial charge on any atom is -0.493 e. The molecular weight excluding hydrogens is 286 g/mol. The Morgan fingerprint density at radius 2 is 1.74 bits per heavy atom. The molecule has 0 bridgehead atoms. The van der Waals surface area contributed by atoms with Crippen LogP contribution in [0, 0.1) is 17.8 Å². The summed E-state index contributed by atoms with van der Waals surface area (Å²) in [6.45, 7) is 13.0. The van der Waals surface area contributed by atoms with Gasteiger partial charge in [0.05, 0.1) is 12.7 Å². The van der Waals surface area contributed by atoms with Crippen LogP contribution >= 0.6 is 0 Å². The summed E-state index contributed by atoms with van der Waals surface area (Å²) in [7, 11) is 0. The summed E-state index contributed by atoms with van der Waals surface area (Å²) in [5, 5.41) is 10.4. The molecule has 1 N–H and O–H groups in total. The van der Waals surface area contributed by atoms with E-state index in [1.165, 1.54) is 19.5 Å². The van der Waals surface area contributed by atoms with Crippen LogP contribution in [0.3, 0.4) is 0 Å². The minimum atomic E-state index is -0.387. The highest BCUT2D eigenvalue weighted by Gasteiger charge is 2.22. The van der Waals surface area contributed by atoms with Gasteiger partial charge in [-0.2, -0.15) is 0 Å². The monoisotopic (exact) mass is 319 g/mol. The normalized spacial score (nSPS) is 23.9. The first-order valence-corrected chi connectivity index (χ1v) is 9.07. The van der Waals surface area contributed by atoms with E-state index in [1.54, 1.807) is 0 Å². The summed E-state index contributed by atoms with van der Waals surface area (Å²) in [4.78, 5) is 2.50. The third-order valence-electron chi connectivity index (χ3n) is 4.51. The summed E-state index contributed by atoms with van der Waals surface area (Å²) in [6, 6.07) is 7.90. The van der Waals surface area contributed by atoms with Crippen molar-refractivity contribution >= 4 is 0 Å². The number of aliphatic hydroxyl groups excluding tert-OH is 1. The van der Waals surface area contributed by atoms with Gasteiger partial charge in [0.1, 0.15) is 5.75 Å². The van der Waals surface area contributed by atoms with E-state index in [-0.39, 0.29) is 6.10 Å². The van der Waals surface area contributed by atoms with Crippen molar-refractivity contribution in [1.29, 1.82) is 0 Å². The van der Waals surface area contributed by atoms with Gasteiger partial charge in [-0.3, -0.25) is 0 Å². The van der Waals surface area contributed by atoms with Gasteiger partial charge in [-0.15, -0.1) is 0 Å². The lowest BCUT2D eigenvalue weighted by molar-refractivity contribution is 0.103. The van der Waals surface area contributed by atoms with Gasteiger partial charge in [-0.1, -0.05) is 39.8 Å². The molecule has 3 heteroatoms. The van der Waals surface area contributed by atoms with Gasteiger partial charge < -0.3 is 14.7 Å². The zero-order valence-electron chi connectivity index (χ0n) is 15.2. The molecule has 0 saturated carbocycles. The maximum Gasteiger partial charge on any atom is 0.119 e. The van der Waals surface area contributed by atoms with E-state index in [0.717, 1.165) is 42.7 Å². The third kappa shape index (κ3) is 6.15.